The van der Waals surface area contributed by atoms with Gasteiger partial charge >= 0.3 is 0 Å². The first-order valence-electron chi connectivity index (χ1n) is 9.04. The molecule has 1 atom stereocenters. The van der Waals surface area contributed by atoms with E-state index in [1.54, 1.807) is 0 Å². The summed E-state index contributed by atoms with van der Waals surface area (Å²) in [4.78, 5) is 4.79. The maximum atomic E-state index is 11.3. The Kier molecular flexibility index (Phi) is 8.85. The smallest absolute Gasteiger partial charge is 0.191 e. The number of guanidine groups is 1. The standard InChI is InChI=1S/C19H31N3O2S.HI/c1-5-20-18(22-16(3)10-13-25(4,23)24)21-14-19(11-12-19)17-9-7-6-8-15(17)2;/h6-9,16H,5,10-14H2,1-4H3,(H2,20,21,22);1H. The van der Waals surface area contributed by atoms with Crippen LogP contribution < -0.4 is 10.6 Å². The molecule has 26 heavy (non-hydrogen) atoms. The van der Waals surface area contributed by atoms with E-state index in [0.717, 1.165) is 19.0 Å². The van der Waals surface area contributed by atoms with Gasteiger partial charge in [0, 0.05) is 24.3 Å². The molecule has 0 aliphatic heterocycles. The second-order valence-electron chi connectivity index (χ2n) is 7.25. The first-order valence-corrected chi connectivity index (χ1v) is 11.1. The van der Waals surface area contributed by atoms with Gasteiger partial charge in [0.2, 0.25) is 0 Å². The van der Waals surface area contributed by atoms with Crippen molar-refractivity contribution < 1.29 is 8.42 Å². The van der Waals surface area contributed by atoms with E-state index < -0.39 is 9.84 Å². The van der Waals surface area contributed by atoms with Crippen molar-refractivity contribution in [1.29, 1.82) is 0 Å². The van der Waals surface area contributed by atoms with Crippen molar-refractivity contribution in [2.45, 2.75) is 51.5 Å². The number of aliphatic imine (C=N–C) groups is 1. The minimum Gasteiger partial charge on any atom is -0.357 e. The number of sulfone groups is 1. The average Bonchev–Trinajstić information content (AvgIpc) is 3.32. The highest BCUT2D eigenvalue weighted by Crippen LogP contribution is 2.49. The van der Waals surface area contributed by atoms with Gasteiger partial charge in [-0.25, -0.2) is 8.42 Å². The number of aryl methyl sites for hydroxylation is 1. The molecular formula is C19H32IN3O2S. The molecule has 7 heteroatoms. The fourth-order valence-corrected chi connectivity index (χ4v) is 3.86. The van der Waals surface area contributed by atoms with E-state index in [1.807, 2.05) is 13.8 Å². The highest BCUT2D eigenvalue weighted by molar-refractivity contribution is 14.0. The Morgan fingerprint density at radius 1 is 1.31 bits per heavy atom. The van der Waals surface area contributed by atoms with E-state index in [0.29, 0.717) is 6.42 Å². The van der Waals surface area contributed by atoms with Crippen LogP contribution in [0.2, 0.25) is 0 Å². The lowest BCUT2D eigenvalue weighted by Gasteiger charge is -2.20. The Morgan fingerprint density at radius 2 is 1.96 bits per heavy atom. The molecule has 2 rings (SSSR count). The summed E-state index contributed by atoms with van der Waals surface area (Å²) in [5.41, 5.74) is 2.90. The van der Waals surface area contributed by atoms with Gasteiger partial charge in [-0.05, 0) is 51.2 Å². The lowest BCUT2D eigenvalue weighted by molar-refractivity contribution is 0.580. The van der Waals surface area contributed by atoms with Crippen LogP contribution in [0.5, 0.6) is 0 Å². The van der Waals surface area contributed by atoms with Gasteiger partial charge < -0.3 is 10.6 Å². The molecule has 1 aliphatic carbocycles. The van der Waals surface area contributed by atoms with E-state index in [2.05, 4.69) is 41.8 Å². The fourth-order valence-electron chi connectivity index (χ4n) is 3.08. The van der Waals surface area contributed by atoms with Crippen LogP contribution >= 0.6 is 24.0 Å². The second kappa shape index (κ2) is 9.92. The zero-order valence-electron chi connectivity index (χ0n) is 16.2. The van der Waals surface area contributed by atoms with E-state index in [1.165, 1.54) is 30.2 Å². The fraction of sp³-hybridized carbons (Fsp3) is 0.632. The van der Waals surface area contributed by atoms with E-state index >= 15 is 0 Å². The van der Waals surface area contributed by atoms with Gasteiger partial charge in [-0.15, -0.1) is 24.0 Å². The number of hydrogen-bond donors (Lipinski definition) is 2. The number of hydrogen-bond acceptors (Lipinski definition) is 3. The molecule has 0 amide bonds. The number of rotatable bonds is 8. The third kappa shape index (κ3) is 7.06. The lowest BCUT2D eigenvalue weighted by atomic mass is 9.92. The maximum absolute atomic E-state index is 11.3. The average molecular weight is 493 g/mol. The van der Waals surface area contributed by atoms with Crippen LogP contribution in [0.1, 0.15) is 44.2 Å². The highest BCUT2D eigenvalue weighted by atomic mass is 127. The normalized spacial score (nSPS) is 17.2. The summed E-state index contributed by atoms with van der Waals surface area (Å²) < 4.78 is 22.7. The summed E-state index contributed by atoms with van der Waals surface area (Å²) in [6.07, 6.45) is 4.19. The molecule has 148 valence electrons. The Bertz CT molecular complexity index is 715. The molecule has 0 heterocycles. The molecule has 1 aromatic rings. The first-order chi connectivity index (χ1) is 11.8. The Balaban J connectivity index is 0.00000338. The van der Waals surface area contributed by atoms with Crippen LogP contribution in [0.3, 0.4) is 0 Å². The van der Waals surface area contributed by atoms with Gasteiger partial charge in [-0.1, -0.05) is 24.3 Å². The molecule has 1 aliphatic rings. The molecular weight excluding hydrogens is 461 g/mol. The molecule has 1 saturated carbocycles. The number of halogens is 1. The number of nitrogens with one attached hydrogen (secondary N) is 2. The van der Waals surface area contributed by atoms with Gasteiger partial charge in [0.1, 0.15) is 9.84 Å². The summed E-state index contributed by atoms with van der Waals surface area (Å²) in [5, 5.41) is 6.60. The molecule has 5 nitrogen and oxygen atoms in total. The zero-order valence-corrected chi connectivity index (χ0v) is 19.4. The van der Waals surface area contributed by atoms with Gasteiger partial charge in [0.15, 0.2) is 5.96 Å². The highest BCUT2D eigenvalue weighted by Gasteiger charge is 2.44. The molecule has 1 aromatic carbocycles. The predicted octanol–water partition coefficient (Wildman–Crippen LogP) is 3.02. The molecule has 0 radical (unpaired) electrons. The van der Waals surface area contributed by atoms with E-state index in [4.69, 9.17) is 4.99 Å². The molecule has 1 fully saturated rings. The van der Waals surface area contributed by atoms with Crippen molar-refractivity contribution in [3.8, 4) is 0 Å². The van der Waals surface area contributed by atoms with Crippen LogP contribution in [0.15, 0.2) is 29.3 Å². The van der Waals surface area contributed by atoms with E-state index in [-0.39, 0.29) is 41.2 Å². The van der Waals surface area contributed by atoms with Gasteiger partial charge in [0.05, 0.1) is 12.3 Å². The molecule has 0 aromatic heterocycles. The van der Waals surface area contributed by atoms with Gasteiger partial charge in [0.25, 0.3) is 0 Å². The van der Waals surface area contributed by atoms with Crippen LogP contribution in [0, 0.1) is 6.92 Å². The molecule has 0 bridgehead atoms. The number of benzene rings is 1. The van der Waals surface area contributed by atoms with Gasteiger partial charge in [-0.2, -0.15) is 0 Å². The van der Waals surface area contributed by atoms with Crippen molar-refractivity contribution in [2.75, 3.05) is 25.1 Å². The van der Waals surface area contributed by atoms with Crippen molar-refractivity contribution in [2.24, 2.45) is 4.99 Å². The molecule has 1 unspecified atom stereocenters. The van der Waals surface area contributed by atoms with Crippen LogP contribution in [0.4, 0.5) is 0 Å². The van der Waals surface area contributed by atoms with Crippen molar-refractivity contribution in [1.82, 2.24) is 10.6 Å². The minimum atomic E-state index is -2.93. The molecule has 0 spiro atoms. The summed E-state index contributed by atoms with van der Waals surface area (Å²) in [7, 11) is -2.93. The summed E-state index contributed by atoms with van der Waals surface area (Å²) in [6.45, 7) is 7.72. The molecule has 2 N–H and O–H groups in total. The maximum Gasteiger partial charge on any atom is 0.191 e. The third-order valence-corrected chi connectivity index (χ3v) is 5.74. The van der Waals surface area contributed by atoms with Crippen molar-refractivity contribution >= 4 is 39.8 Å². The predicted molar refractivity (Wildman–Crippen MR) is 120 cm³/mol. The summed E-state index contributed by atoms with van der Waals surface area (Å²) >= 11 is 0. The third-order valence-electron chi connectivity index (χ3n) is 4.76. The van der Waals surface area contributed by atoms with Crippen LogP contribution in [-0.4, -0.2) is 45.5 Å². The molecule has 0 saturated heterocycles. The summed E-state index contributed by atoms with van der Waals surface area (Å²) in [6, 6.07) is 8.61. The van der Waals surface area contributed by atoms with Crippen LogP contribution in [-0.2, 0) is 15.3 Å². The lowest BCUT2D eigenvalue weighted by Crippen LogP contribution is -2.43. The van der Waals surface area contributed by atoms with E-state index in [9.17, 15) is 8.42 Å². The Hall–Kier alpha value is -0.830. The first kappa shape index (κ1) is 23.2. The second-order valence-corrected chi connectivity index (χ2v) is 9.51. The minimum absolute atomic E-state index is 0. The van der Waals surface area contributed by atoms with Crippen LogP contribution in [0.25, 0.3) is 0 Å². The Labute approximate surface area is 175 Å². The summed E-state index contributed by atoms with van der Waals surface area (Å²) in [5.74, 6) is 0.955. The number of nitrogens with zero attached hydrogens (tertiary/aromatic N) is 1. The van der Waals surface area contributed by atoms with Crippen molar-refractivity contribution in [3.63, 3.8) is 0 Å². The quantitative estimate of drug-likeness (QED) is 0.332. The monoisotopic (exact) mass is 493 g/mol. The zero-order chi connectivity index (χ0) is 18.5. The Morgan fingerprint density at radius 3 is 2.50 bits per heavy atom. The van der Waals surface area contributed by atoms with Crippen molar-refractivity contribution in [3.05, 3.63) is 35.4 Å². The largest absolute Gasteiger partial charge is 0.357 e. The SMILES string of the molecule is CCNC(=NCC1(c2ccccc2C)CC1)NC(C)CCS(C)(=O)=O.I. The topological polar surface area (TPSA) is 70.6 Å². The van der Waals surface area contributed by atoms with Gasteiger partial charge in [-0.3, -0.25) is 4.99 Å².